The molecule has 2 rings (SSSR count). The zero-order valence-electron chi connectivity index (χ0n) is 10.2. The zero-order chi connectivity index (χ0) is 12.8. The number of pyridine rings is 1. The average molecular weight is 241 g/mol. The number of aryl methyl sites for hydroxylation is 1. The molecule has 0 bridgehead atoms. The van der Waals surface area contributed by atoms with Crippen LogP contribution < -0.4 is 10.6 Å². The SMILES string of the molecule is Cc1ncccc1NC(=O)CNc1ccccc1. The van der Waals surface area contributed by atoms with Gasteiger partial charge in [0.25, 0.3) is 0 Å². The number of anilines is 2. The van der Waals surface area contributed by atoms with Crippen LogP contribution in [-0.2, 0) is 4.79 Å². The highest BCUT2D eigenvalue weighted by molar-refractivity contribution is 5.94. The number of para-hydroxylation sites is 1. The van der Waals surface area contributed by atoms with E-state index in [1.807, 2.05) is 43.3 Å². The Balaban J connectivity index is 1.88. The maximum absolute atomic E-state index is 11.7. The second kappa shape index (κ2) is 5.82. The van der Waals surface area contributed by atoms with Crippen molar-refractivity contribution in [3.63, 3.8) is 0 Å². The summed E-state index contributed by atoms with van der Waals surface area (Å²) in [4.78, 5) is 15.9. The molecule has 0 aliphatic rings. The summed E-state index contributed by atoms with van der Waals surface area (Å²) in [7, 11) is 0. The van der Waals surface area contributed by atoms with E-state index in [2.05, 4.69) is 15.6 Å². The van der Waals surface area contributed by atoms with Crippen LogP contribution in [0.5, 0.6) is 0 Å². The minimum absolute atomic E-state index is 0.0880. The molecule has 1 heterocycles. The Hall–Kier alpha value is -2.36. The number of rotatable bonds is 4. The lowest BCUT2D eigenvalue weighted by Gasteiger charge is -2.08. The molecule has 1 aromatic carbocycles. The van der Waals surface area contributed by atoms with Crippen LogP contribution in [0.15, 0.2) is 48.7 Å². The van der Waals surface area contributed by atoms with Gasteiger partial charge in [0.2, 0.25) is 5.91 Å². The molecule has 0 saturated carbocycles. The number of benzene rings is 1. The van der Waals surface area contributed by atoms with Crippen LogP contribution in [0.1, 0.15) is 5.69 Å². The number of carbonyl (C=O) groups excluding carboxylic acids is 1. The molecule has 1 aromatic heterocycles. The van der Waals surface area contributed by atoms with Crippen molar-refractivity contribution in [1.82, 2.24) is 4.98 Å². The molecular formula is C14H15N3O. The third-order valence-electron chi connectivity index (χ3n) is 2.51. The molecule has 2 aromatic rings. The summed E-state index contributed by atoms with van der Waals surface area (Å²) in [5, 5.41) is 5.87. The Morgan fingerprint density at radius 2 is 1.94 bits per heavy atom. The van der Waals surface area contributed by atoms with Crippen molar-refractivity contribution in [2.24, 2.45) is 0 Å². The van der Waals surface area contributed by atoms with Gasteiger partial charge >= 0.3 is 0 Å². The molecule has 4 nitrogen and oxygen atoms in total. The maximum atomic E-state index is 11.7. The second-order valence-electron chi connectivity index (χ2n) is 3.90. The van der Waals surface area contributed by atoms with Crippen molar-refractivity contribution in [2.75, 3.05) is 17.2 Å². The summed E-state index contributed by atoms with van der Waals surface area (Å²) in [6.07, 6.45) is 1.70. The fourth-order valence-corrected chi connectivity index (χ4v) is 1.55. The predicted molar refractivity (Wildman–Crippen MR) is 72.5 cm³/mol. The number of hydrogen-bond donors (Lipinski definition) is 2. The van der Waals surface area contributed by atoms with E-state index in [9.17, 15) is 4.79 Å². The van der Waals surface area contributed by atoms with Crippen LogP contribution >= 0.6 is 0 Å². The molecule has 0 saturated heterocycles. The van der Waals surface area contributed by atoms with E-state index < -0.39 is 0 Å². The van der Waals surface area contributed by atoms with Crippen molar-refractivity contribution in [3.8, 4) is 0 Å². The van der Waals surface area contributed by atoms with Gasteiger partial charge in [-0.25, -0.2) is 0 Å². The van der Waals surface area contributed by atoms with Gasteiger partial charge < -0.3 is 10.6 Å². The molecule has 4 heteroatoms. The highest BCUT2D eigenvalue weighted by Crippen LogP contribution is 2.10. The minimum atomic E-state index is -0.0880. The van der Waals surface area contributed by atoms with Gasteiger partial charge in [0.05, 0.1) is 17.9 Å². The third-order valence-corrected chi connectivity index (χ3v) is 2.51. The summed E-state index contributed by atoms with van der Waals surface area (Å²) in [5.74, 6) is -0.0880. The highest BCUT2D eigenvalue weighted by atomic mass is 16.1. The molecule has 0 aliphatic heterocycles. The fraction of sp³-hybridized carbons (Fsp3) is 0.143. The smallest absolute Gasteiger partial charge is 0.243 e. The Bertz CT molecular complexity index is 526. The number of amides is 1. The van der Waals surface area contributed by atoms with Gasteiger partial charge in [-0.15, -0.1) is 0 Å². The van der Waals surface area contributed by atoms with Crippen LogP contribution in [-0.4, -0.2) is 17.4 Å². The van der Waals surface area contributed by atoms with Crippen LogP contribution in [0.4, 0.5) is 11.4 Å². The number of carbonyl (C=O) groups is 1. The summed E-state index contributed by atoms with van der Waals surface area (Å²) in [5.41, 5.74) is 2.48. The lowest BCUT2D eigenvalue weighted by Crippen LogP contribution is -2.22. The summed E-state index contributed by atoms with van der Waals surface area (Å²) in [6, 6.07) is 13.3. The first-order valence-corrected chi connectivity index (χ1v) is 5.76. The molecule has 0 unspecified atom stereocenters. The van der Waals surface area contributed by atoms with E-state index in [1.54, 1.807) is 12.3 Å². The van der Waals surface area contributed by atoms with Crippen molar-refractivity contribution >= 4 is 17.3 Å². The normalized spacial score (nSPS) is 9.83. The highest BCUT2D eigenvalue weighted by Gasteiger charge is 2.04. The number of hydrogen-bond acceptors (Lipinski definition) is 3. The maximum Gasteiger partial charge on any atom is 0.243 e. The average Bonchev–Trinajstić information content (AvgIpc) is 2.40. The monoisotopic (exact) mass is 241 g/mol. The van der Waals surface area contributed by atoms with Crippen molar-refractivity contribution in [3.05, 3.63) is 54.4 Å². The quantitative estimate of drug-likeness (QED) is 0.864. The lowest BCUT2D eigenvalue weighted by atomic mass is 10.3. The standard InChI is InChI=1S/C14H15N3O/c1-11-13(8-5-9-15-11)17-14(18)10-16-12-6-3-2-4-7-12/h2-9,16H,10H2,1H3,(H,17,18). The second-order valence-corrected chi connectivity index (χ2v) is 3.90. The molecule has 2 N–H and O–H groups in total. The number of nitrogens with zero attached hydrogens (tertiary/aromatic N) is 1. The third kappa shape index (κ3) is 3.31. The zero-order valence-corrected chi connectivity index (χ0v) is 10.2. The fourth-order valence-electron chi connectivity index (χ4n) is 1.55. The Morgan fingerprint density at radius 3 is 2.67 bits per heavy atom. The van der Waals surface area contributed by atoms with Gasteiger partial charge in [0, 0.05) is 11.9 Å². The van der Waals surface area contributed by atoms with Crippen molar-refractivity contribution < 1.29 is 4.79 Å². The first-order chi connectivity index (χ1) is 8.75. The molecule has 0 aliphatic carbocycles. The van der Waals surface area contributed by atoms with E-state index >= 15 is 0 Å². The lowest BCUT2D eigenvalue weighted by molar-refractivity contribution is -0.114. The van der Waals surface area contributed by atoms with E-state index in [-0.39, 0.29) is 12.5 Å². The minimum Gasteiger partial charge on any atom is -0.376 e. The molecule has 0 atom stereocenters. The van der Waals surface area contributed by atoms with Gasteiger partial charge in [-0.1, -0.05) is 18.2 Å². The molecule has 0 fully saturated rings. The first-order valence-electron chi connectivity index (χ1n) is 5.76. The molecule has 18 heavy (non-hydrogen) atoms. The Morgan fingerprint density at radius 1 is 1.17 bits per heavy atom. The van der Waals surface area contributed by atoms with E-state index in [0.29, 0.717) is 0 Å². The van der Waals surface area contributed by atoms with Crippen LogP contribution in [0.3, 0.4) is 0 Å². The van der Waals surface area contributed by atoms with Crippen LogP contribution in [0.25, 0.3) is 0 Å². The van der Waals surface area contributed by atoms with Gasteiger partial charge in [-0.05, 0) is 31.2 Å². The van der Waals surface area contributed by atoms with E-state index in [1.165, 1.54) is 0 Å². The summed E-state index contributed by atoms with van der Waals surface area (Å²) < 4.78 is 0. The molecular weight excluding hydrogens is 226 g/mol. The van der Waals surface area contributed by atoms with Crippen molar-refractivity contribution in [1.29, 1.82) is 0 Å². The predicted octanol–water partition coefficient (Wildman–Crippen LogP) is 2.44. The number of aromatic nitrogens is 1. The molecule has 1 amide bonds. The van der Waals surface area contributed by atoms with Crippen molar-refractivity contribution in [2.45, 2.75) is 6.92 Å². The van der Waals surface area contributed by atoms with Gasteiger partial charge in [-0.3, -0.25) is 9.78 Å². The Kier molecular flexibility index (Phi) is 3.91. The van der Waals surface area contributed by atoms with Crippen LogP contribution in [0.2, 0.25) is 0 Å². The van der Waals surface area contributed by atoms with Gasteiger partial charge in [0.1, 0.15) is 0 Å². The van der Waals surface area contributed by atoms with E-state index in [0.717, 1.165) is 17.1 Å². The molecule has 92 valence electrons. The molecule has 0 spiro atoms. The summed E-state index contributed by atoms with van der Waals surface area (Å²) in [6.45, 7) is 2.10. The number of nitrogens with one attached hydrogen (secondary N) is 2. The topological polar surface area (TPSA) is 54.0 Å². The summed E-state index contributed by atoms with van der Waals surface area (Å²) >= 11 is 0. The van der Waals surface area contributed by atoms with Crippen LogP contribution in [0, 0.1) is 6.92 Å². The van der Waals surface area contributed by atoms with Gasteiger partial charge in [-0.2, -0.15) is 0 Å². The van der Waals surface area contributed by atoms with Gasteiger partial charge in [0.15, 0.2) is 0 Å². The Labute approximate surface area is 106 Å². The molecule has 0 radical (unpaired) electrons. The first kappa shape index (κ1) is 12.1. The van der Waals surface area contributed by atoms with E-state index in [4.69, 9.17) is 0 Å². The largest absolute Gasteiger partial charge is 0.376 e.